The van der Waals surface area contributed by atoms with E-state index in [0.29, 0.717) is 25.0 Å². The smallest absolute Gasteiger partial charge is 0.222 e. The fraction of sp³-hybridized carbons (Fsp3) is 0.684. The highest BCUT2D eigenvalue weighted by Crippen LogP contribution is 2.38. The fourth-order valence-corrected chi connectivity index (χ4v) is 3.81. The molecule has 5 heteroatoms. The molecule has 1 aliphatic carbocycles. The molecule has 24 heavy (non-hydrogen) atoms. The van der Waals surface area contributed by atoms with Gasteiger partial charge in [-0.3, -0.25) is 9.78 Å². The van der Waals surface area contributed by atoms with E-state index in [4.69, 9.17) is 9.47 Å². The van der Waals surface area contributed by atoms with Crippen LogP contribution in [-0.4, -0.2) is 47.2 Å². The molecule has 0 radical (unpaired) electrons. The first kappa shape index (κ1) is 16.0. The Bertz CT molecular complexity index is 565. The monoisotopic (exact) mass is 330 g/mol. The summed E-state index contributed by atoms with van der Waals surface area (Å²) in [6.45, 7) is 2.86. The number of nitrogens with zero attached hydrogens (tertiary/aromatic N) is 2. The number of rotatable bonds is 5. The molecule has 1 amide bonds. The van der Waals surface area contributed by atoms with Crippen molar-refractivity contribution in [3.8, 4) is 0 Å². The van der Waals surface area contributed by atoms with Crippen molar-refractivity contribution in [1.82, 2.24) is 9.88 Å². The largest absolute Gasteiger partial charge is 0.372 e. The minimum Gasteiger partial charge on any atom is -0.372 e. The molecule has 0 aromatic carbocycles. The summed E-state index contributed by atoms with van der Waals surface area (Å²) in [7, 11) is 0. The van der Waals surface area contributed by atoms with Crippen LogP contribution >= 0.6 is 0 Å². The van der Waals surface area contributed by atoms with Crippen molar-refractivity contribution in [3.63, 3.8) is 0 Å². The lowest BCUT2D eigenvalue weighted by molar-refractivity contribution is -0.136. The number of pyridine rings is 1. The number of hydrogen-bond acceptors (Lipinski definition) is 4. The van der Waals surface area contributed by atoms with Gasteiger partial charge in [0.25, 0.3) is 0 Å². The summed E-state index contributed by atoms with van der Waals surface area (Å²) < 4.78 is 12.1. The zero-order valence-corrected chi connectivity index (χ0v) is 14.2. The second-order valence-electron chi connectivity index (χ2n) is 7.48. The second-order valence-corrected chi connectivity index (χ2v) is 7.48. The third-order valence-electron chi connectivity index (χ3n) is 5.56. The Morgan fingerprint density at radius 2 is 2.17 bits per heavy atom. The van der Waals surface area contributed by atoms with Crippen LogP contribution in [0.5, 0.6) is 0 Å². The van der Waals surface area contributed by atoms with Crippen molar-refractivity contribution in [2.45, 2.75) is 56.8 Å². The minimum absolute atomic E-state index is 0.0782. The summed E-state index contributed by atoms with van der Waals surface area (Å²) in [6, 6.07) is 5.87. The summed E-state index contributed by atoms with van der Waals surface area (Å²) in [5.74, 6) is 1.01. The molecule has 4 rings (SSSR count). The molecule has 3 heterocycles. The van der Waals surface area contributed by atoms with E-state index >= 15 is 0 Å². The summed E-state index contributed by atoms with van der Waals surface area (Å²) in [5, 5.41) is 0. The van der Waals surface area contributed by atoms with Crippen LogP contribution in [0, 0.1) is 5.92 Å². The molecule has 130 valence electrons. The van der Waals surface area contributed by atoms with Gasteiger partial charge in [-0.2, -0.15) is 0 Å². The molecule has 0 bridgehead atoms. The number of amides is 1. The molecular formula is C19H26N2O3. The summed E-state index contributed by atoms with van der Waals surface area (Å²) in [5.41, 5.74) is 0.879. The topological polar surface area (TPSA) is 51.7 Å². The van der Waals surface area contributed by atoms with Gasteiger partial charge in [-0.05, 0) is 43.7 Å². The number of ether oxygens (including phenoxy) is 2. The highest BCUT2D eigenvalue weighted by atomic mass is 16.6. The average molecular weight is 330 g/mol. The molecule has 1 aromatic heterocycles. The molecule has 3 aliphatic rings. The van der Waals surface area contributed by atoms with Crippen molar-refractivity contribution in [2.75, 3.05) is 19.7 Å². The zero-order chi connectivity index (χ0) is 16.4. The number of carbonyl (C=O) groups is 1. The third kappa shape index (κ3) is 3.78. The first-order valence-electron chi connectivity index (χ1n) is 9.16. The Morgan fingerprint density at radius 3 is 2.88 bits per heavy atom. The van der Waals surface area contributed by atoms with E-state index < -0.39 is 0 Å². The Kier molecular flexibility index (Phi) is 4.55. The van der Waals surface area contributed by atoms with Crippen molar-refractivity contribution in [2.24, 2.45) is 5.92 Å². The molecule has 1 spiro atoms. The van der Waals surface area contributed by atoms with E-state index in [0.717, 1.165) is 44.5 Å². The van der Waals surface area contributed by atoms with Crippen molar-refractivity contribution in [3.05, 3.63) is 30.1 Å². The maximum absolute atomic E-state index is 12.2. The van der Waals surface area contributed by atoms with E-state index in [9.17, 15) is 4.79 Å². The van der Waals surface area contributed by atoms with Gasteiger partial charge in [0, 0.05) is 32.1 Å². The van der Waals surface area contributed by atoms with Crippen molar-refractivity contribution >= 4 is 5.91 Å². The van der Waals surface area contributed by atoms with Gasteiger partial charge in [0.1, 0.15) is 0 Å². The third-order valence-corrected chi connectivity index (χ3v) is 5.56. The molecule has 1 aromatic rings. The van der Waals surface area contributed by atoms with Gasteiger partial charge < -0.3 is 14.4 Å². The predicted octanol–water partition coefficient (Wildman–Crippen LogP) is 2.55. The fourth-order valence-electron chi connectivity index (χ4n) is 3.81. The van der Waals surface area contributed by atoms with Crippen molar-refractivity contribution in [1.29, 1.82) is 0 Å². The number of carbonyl (C=O) groups excluding carboxylic acids is 1. The normalized spacial score (nSPS) is 26.0. The van der Waals surface area contributed by atoms with Gasteiger partial charge in [-0.25, -0.2) is 0 Å². The van der Waals surface area contributed by atoms with Gasteiger partial charge in [-0.15, -0.1) is 0 Å². The lowest BCUT2D eigenvalue weighted by Gasteiger charge is -2.38. The molecular weight excluding hydrogens is 304 g/mol. The molecule has 1 atom stereocenters. The number of aromatic nitrogens is 1. The Labute approximate surface area is 143 Å². The van der Waals surface area contributed by atoms with Crippen LogP contribution in [0.15, 0.2) is 24.4 Å². The number of hydrogen-bond donors (Lipinski definition) is 0. The standard InChI is InChI=1S/C19H26N2O3/c22-18(11-15-4-5-15)21-9-6-19(7-10-21)12-17(14-24-19)23-13-16-3-1-2-8-20-16/h1-3,8,15,17H,4-7,9-14H2/t17-/m0/s1. The van der Waals surface area contributed by atoms with Crippen LogP contribution < -0.4 is 0 Å². The maximum atomic E-state index is 12.2. The molecule has 0 unspecified atom stereocenters. The van der Waals surface area contributed by atoms with Crippen LogP contribution in [-0.2, 0) is 20.9 Å². The number of piperidine rings is 1. The maximum Gasteiger partial charge on any atom is 0.222 e. The predicted molar refractivity (Wildman–Crippen MR) is 89.3 cm³/mol. The minimum atomic E-state index is -0.0782. The van der Waals surface area contributed by atoms with E-state index in [1.165, 1.54) is 12.8 Å². The molecule has 2 aliphatic heterocycles. The quantitative estimate of drug-likeness (QED) is 0.832. The van der Waals surface area contributed by atoms with Gasteiger partial charge in [0.15, 0.2) is 0 Å². The van der Waals surface area contributed by atoms with Crippen LogP contribution in [0.2, 0.25) is 0 Å². The van der Waals surface area contributed by atoms with Gasteiger partial charge >= 0.3 is 0 Å². The highest BCUT2D eigenvalue weighted by Gasteiger charge is 2.44. The van der Waals surface area contributed by atoms with E-state index in [-0.39, 0.29) is 11.7 Å². The van der Waals surface area contributed by atoms with E-state index in [1.807, 2.05) is 23.1 Å². The van der Waals surface area contributed by atoms with Gasteiger partial charge in [0.05, 0.1) is 30.6 Å². The van der Waals surface area contributed by atoms with Gasteiger partial charge in [-0.1, -0.05) is 6.07 Å². The van der Waals surface area contributed by atoms with Crippen LogP contribution in [0.1, 0.15) is 44.2 Å². The van der Waals surface area contributed by atoms with Gasteiger partial charge in [0.2, 0.25) is 5.91 Å². The first-order valence-corrected chi connectivity index (χ1v) is 9.16. The molecule has 3 fully saturated rings. The molecule has 0 N–H and O–H groups in total. The Morgan fingerprint density at radius 1 is 1.33 bits per heavy atom. The summed E-state index contributed by atoms with van der Waals surface area (Å²) in [4.78, 5) is 18.6. The highest BCUT2D eigenvalue weighted by molar-refractivity contribution is 5.76. The van der Waals surface area contributed by atoms with E-state index in [1.54, 1.807) is 6.20 Å². The van der Waals surface area contributed by atoms with Crippen LogP contribution in [0.4, 0.5) is 0 Å². The summed E-state index contributed by atoms with van der Waals surface area (Å²) in [6.07, 6.45) is 7.97. The molecule has 1 saturated carbocycles. The Balaban J connectivity index is 1.23. The molecule has 5 nitrogen and oxygen atoms in total. The first-order chi connectivity index (χ1) is 11.7. The lowest BCUT2D eigenvalue weighted by Crippen LogP contribution is -2.46. The Hall–Kier alpha value is -1.46. The van der Waals surface area contributed by atoms with Crippen molar-refractivity contribution < 1.29 is 14.3 Å². The van der Waals surface area contributed by atoms with E-state index in [2.05, 4.69) is 4.98 Å². The van der Waals surface area contributed by atoms with Crippen LogP contribution in [0.25, 0.3) is 0 Å². The second kappa shape index (κ2) is 6.81. The lowest BCUT2D eigenvalue weighted by atomic mass is 9.88. The summed E-state index contributed by atoms with van der Waals surface area (Å²) >= 11 is 0. The zero-order valence-electron chi connectivity index (χ0n) is 14.2. The molecule has 2 saturated heterocycles. The average Bonchev–Trinajstić information content (AvgIpc) is 3.35. The number of likely N-dealkylation sites (tertiary alicyclic amines) is 1. The SMILES string of the molecule is O=C(CC1CC1)N1CCC2(CC1)C[C@H](OCc1ccccn1)CO2. The van der Waals surface area contributed by atoms with Crippen LogP contribution in [0.3, 0.4) is 0 Å².